The van der Waals surface area contributed by atoms with Crippen LogP contribution in [0.25, 0.3) is 40.0 Å². The fourth-order valence-electron chi connectivity index (χ4n) is 4.11. The third-order valence-electron chi connectivity index (χ3n) is 5.82. The largest absolute Gasteiger partial charge is 0.497 e. The van der Waals surface area contributed by atoms with E-state index in [-0.39, 0.29) is 5.92 Å². The minimum absolute atomic E-state index is 0.158. The molecule has 0 fully saturated rings. The number of benzene rings is 2. The van der Waals surface area contributed by atoms with Gasteiger partial charge in [0, 0.05) is 17.0 Å². The Kier molecular flexibility index (Phi) is 4.36. The number of nitrogens with zero attached hydrogens (tertiary/aromatic N) is 7. The van der Waals surface area contributed by atoms with E-state index in [0.717, 1.165) is 39.9 Å². The van der Waals surface area contributed by atoms with E-state index in [0.29, 0.717) is 24.0 Å². The van der Waals surface area contributed by atoms with E-state index in [2.05, 4.69) is 29.9 Å². The monoisotopic (exact) mass is 439 g/mol. The first-order chi connectivity index (χ1) is 16.1. The summed E-state index contributed by atoms with van der Waals surface area (Å²) in [5.41, 5.74) is 4.38. The molecule has 0 bridgehead atoms. The van der Waals surface area contributed by atoms with Gasteiger partial charge in [0.15, 0.2) is 23.2 Å². The van der Waals surface area contributed by atoms with Gasteiger partial charge < -0.3 is 13.8 Å². The number of aromatic nitrogens is 7. The van der Waals surface area contributed by atoms with E-state index in [9.17, 15) is 0 Å². The van der Waals surface area contributed by atoms with Gasteiger partial charge in [0.2, 0.25) is 0 Å². The first-order valence-electron chi connectivity index (χ1n) is 10.7. The van der Waals surface area contributed by atoms with Crippen LogP contribution in [0.3, 0.4) is 0 Å². The zero-order valence-electron chi connectivity index (χ0n) is 18.4. The fourth-order valence-corrected chi connectivity index (χ4v) is 4.11. The molecular weight excluding hydrogens is 418 g/mol. The molecule has 0 unspecified atom stereocenters. The van der Waals surface area contributed by atoms with Gasteiger partial charge in [-0.15, -0.1) is 10.2 Å². The third-order valence-corrected chi connectivity index (χ3v) is 5.82. The van der Waals surface area contributed by atoms with Crippen LogP contribution in [0.2, 0.25) is 0 Å². The molecule has 9 heteroatoms. The van der Waals surface area contributed by atoms with Crippen LogP contribution in [-0.2, 0) is 6.54 Å². The maximum atomic E-state index is 5.59. The highest BCUT2D eigenvalue weighted by atomic mass is 16.5. The second-order valence-electron chi connectivity index (χ2n) is 8.20. The summed E-state index contributed by atoms with van der Waals surface area (Å²) in [4.78, 5) is 9.25. The second kappa shape index (κ2) is 7.40. The van der Waals surface area contributed by atoms with Crippen LogP contribution in [0, 0.1) is 0 Å². The molecule has 0 saturated heterocycles. The molecule has 3 aromatic heterocycles. The maximum absolute atomic E-state index is 5.59. The van der Waals surface area contributed by atoms with Crippen molar-refractivity contribution >= 4 is 0 Å². The molecule has 0 spiro atoms. The van der Waals surface area contributed by atoms with Crippen molar-refractivity contribution in [2.24, 2.45) is 0 Å². The van der Waals surface area contributed by atoms with E-state index in [1.165, 1.54) is 0 Å². The summed E-state index contributed by atoms with van der Waals surface area (Å²) in [5.74, 6) is 3.48. The van der Waals surface area contributed by atoms with Crippen LogP contribution in [0.5, 0.6) is 5.75 Å². The molecule has 2 aromatic carbocycles. The van der Waals surface area contributed by atoms with Gasteiger partial charge in [-0.25, -0.2) is 4.98 Å². The molecule has 1 aliphatic rings. The summed E-state index contributed by atoms with van der Waals surface area (Å²) in [6.45, 7) is 4.54. The van der Waals surface area contributed by atoms with E-state index < -0.39 is 0 Å². The summed E-state index contributed by atoms with van der Waals surface area (Å²) in [7, 11) is 1.65. The zero-order valence-corrected chi connectivity index (χ0v) is 18.4. The summed E-state index contributed by atoms with van der Waals surface area (Å²) in [5, 5.41) is 13.2. The molecule has 0 atom stereocenters. The second-order valence-corrected chi connectivity index (χ2v) is 8.20. The van der Waals surface area contributed by atoms with Gasteiger partial charge in [-0.05, 0) is 18.2 Å². The topological polar surface area (TPSA) is 96.7 Å². The van der Waals surface area contributed by atoms with Crippen LogP contribution in [0.1, 0.15) is 31.3 Å². The SMILES string of the molecule is COc1ccc2c(c1)-c1nnc(-c3ccccc3)n1Cc1c(-c3nc(C(C)C)no3)ncn1-2. The number of rotatable bonds is 4. The summed E-state index contributed by atoms with van der Waals surface area (Å²) in [6.07, 6.45) is 1.79. The highest BCUT2D eigenvalue weighted by Gasteiger charge is 2.29. The molecular formula is C24H21N7O2. The standard InChI is InChI=1S/C24H21N7O2/c1-14(2)21-26-24(33-29-21)20-19-12-30-22(15-7-5-4-6-8-15)27-28-23(30)17-11-16(32-3)9-10-18(17)31(19)13-25-20/h4-11,13-14H,12H2,1-3H3. The van der Waals surface area contributed by atoms with Crippen LogP contribution in [-0.4, -0.2) is 41.6 Å². The predicted molar refractivity (Wildman–Crippen MR) is 121 cm³/mol. The molecule has 0 amide bonds. The lowest BCUT2D eigenvalue weighted by atomic mass is 10.1. The maximum Gasteiger partial charge on any atom is 0.278 e. The van der Waals surface area contributed by atoms with Crippen molar-refractivity contribution in [2.45, 2.75) is 26.3 Å². The number of fused-ring (bicyclic) bond motifs is 5. The Morgan fingerprint density at radius 1 is 1.03 bits per heavy atom. The lowest BCUT2D eigenvalue weighted by Gasteiger charge is -2.10. The lowest BCUT2D eigenvalue weighted by molar-refractivity contribution is 0.415. The van der Waals surface area contributed by atoms with Gasteiger partial charge in [0.25, 0.3) is 5.89 Å². The molecule has 0 aliphatic carbocycles. The third kappa shape index (κ3) is 3.04. The van der Waals surface area contributed by atoms with Crippen LogP contribution >= 0.6 is 0 Å². The molecule has 0 saturated carbocycles. The van der Waals surface area contributed by atoms with Crippen molar-refractivity contribution < 1.29 is 9.26 Å². The highest BCUT2D eigenvalue weighted by molar-refractivity contribution is 5.74. The van der Waals surface area contributed by atoms with Crippen LogP contribution in [0.15, 0.2) is 59.4 Å². The Morgan fingerprint density at radius 2 is 1.85 bits per heavy atom. The smallest absolute Gasteiger partial charge is 0.278 e. The Bertz CT molecular complexity index is 1460. The Labute approximate surface area is 189 Å². The molecule has 0 N–H and O–H groups in total. The van der Waals surface area contributed by atoms with Crippen molar-refractivity contribution in [3.63, 3.8) is 0 Å². The first kappa shape index (κ1) is 19.4. The van der Waals surface area contributed by atoms with Crippen molar-refractivity contribution in [1.29, 1.82) is 0 Å². The van der Waals surface area contributed by atoms with E-state index in [1.54, 1.807) is 13.4 Å². The molecule has 33 heavy (non-hydrogen) atoms. The van der Waals surface area contributed by atoms with Gasteiger partial charge in [0.05, 0.1) is 25.0 Å². The van der Waals surface area contributed by atoms with E-state index in [1.807, 2.05) is 66.9 Å². The number of hydrogen-bond donors (Lipinski definition) is 0. The predicted octanol–water partition coefficient (Wildman–Crippen LogP) is 4.34. The minimum Gasteiger partial charge on any atom is -0.497 e. The van der Waals surface area contributed by atoms with Crippen molar-refractivity contribution in [1.82, 2.24) is 34.5 Å². The van der Waals surface area contributed by atoms with Gasteiger partial charge >= 0.3 is 0 Å². The van der Waals surface area contributed by atoms with Crippen LogP contribution < -0.4 is 4.74 Å². The van der Waals surface area contributed by atoms with Gasteiger partial charge in [-0.2, -0.15) is 4.98 Å². The molecule has 1 aliphatic heterocycles. The van der Waals surface area contributed by atoms with E-state index in [4.69, 9.17) is 9.26 Å². The number of hydrogen-bond acceptors (Lipinski definition) is 7. The molecule has 0 radical (unpaired) electrons. The lowest BCUT2D eigenvalue weighted by Crippen LogP contribution is -2.06. The zero-order chi connectivity index (χ0) is 22.5. The molecule has 4 heterocycles. The van der Waals surface area contributed by atoms with Gasteiger partial charge in [-0.3, -0.25) is 4.57 Å². The first-order valence-corrected chi connectivity index (χ1v) is 10.7. The summed E-state index contributed by atoms with van der Waals surface area (Å²) < 4.78 is 15.2. The molecule has 164 valence electrons. The Hall–Kier alpha value is -4.27. The molecule has 6 rings (SSSR count). The van der Waals surface area contributed by atoms with Gasteiger partial charge in [0.1, 0.15) is 12.1 Å². The van der Waals surface area contributed by atoms with Gasteiger partial charge in [-0.1, -0.05) is 49.3 Å². The summed E-state index contributed by atoms with van der Waals surface area (Å²) in [6, 6.07) is 15.9. The van der Waals surface area contributed by atoms with Crippen LogP contribution in [0.4, 0.5) is 0 Å². The number of ether oxygens (including phenoxy) is 1. The number of imidazole rings is 1. The van der Waals surface area contributed by atoms with E-state index >= 15 is 0 Å². The Morgan fingerprint density at radius 3 is 2.61 bits per heavy atom. The van der Waals surface area contributed by atoms with Crippen molar-refractivity contribution in [3.05, 3.63) is 66.4 Å². The van der Waals surface area contributed by atoms with Crippen molar-refractivity contribution in [2.75, 3.05) is 7.11 Å². The number of methoxy groups -OCH3 is 1. The quantitative estimate of drug-likeness (QED) is 0.403. The average Bonchev–Trinajstić information content (AvgIpc) is 3.57. The minimum atomic E-state index is 0.158. The summed E-state index contributed by atoms with van der Waals surface area (Å²) >= 11 is 0. The molecule has 9 nitrogen and oxygen atoms in total. The fraction of sp³-hybridized carbons (Fsp3) is 0.208. The van der Waals surface area contributed by atoms with Crippen molar-refractivity contribution in [3.8, 4) is 45.8 Å². The Balaban J connectivity index is 1.60. The normalized spacial score (nSPS) is 12.2. The highest BCUT2D eigenvalue weighted by Crippen LogP contribution is 2.38. The average molecular weight is 439 g/mol. The molecule has 5 aromatic rings.